The van der Waals surface area contributed by atoms with Crippen LogP contribution in [0.5, 0.6) is 0 Å². The van der Waals surface area contributed by atoms with Crippen molar-refractivity contribution in [1.82, 2.24) is 0 Å². The van der Waals surface area contributed by atoms with Crippen LogP contribution in [-0.2, 0) is 0 Å². The molecule has 0 saturated heterocycles. The van der Waals surface area contributed by atoms with Crippen LogP contribution in [0.25, 0.3) is 52.9 Å². The van der Waals surface area contributed by atoms with E-state index < -0.39 is 0 Å². The van der Waals surface area contributed by atoms with E-state index in [2.05, 4.69) is 90.2 Å². The third-order valence-electron chi connectivity index (χ3n) is 6.04. The Labute approximate surface area is 182 Å². The van der Waals surface area contributed by atoms with E-state index in [-0.39, 0.29) is 0 Å². The Morgan fingerprint density at radius 2 is 1.32 bits per heavy atom. The normalized spacial score (nSPS) is 11.9. The molecule has 0 saturated carbocycles. The van der Waals surface area contributed by atoms with E-state index in [0.29, 0.717) is 0 Å². The molecular formula is C28H17NOS. The van der Waals surface area contributed by atoms with E-state index in [1.54, 1.807) is 0 Å². The van der Waals surface area contributed by atoms with Gasteiger partial charge in [-0.05, 0) is 41.1 Å². The van der Waals surface area contributed by atoms with E-state index in [1.807, 2.05) is 23.5 Å². The highest BCUT2D eigenvalue weighted by molar-refractivity contribution is 7.27. The average Bonchev–Trinajstić information content (AvgIpc) is 3.38. The zero-order valence-electron chi connectivity index (χ0n) is 16.6. The molecule has 5 aromatic carbocycles. The van der Waals surface area contributed by atoms with E-state index >= 15 is 0 Å². The van der Waals surface area contributed by atoms with Crippen LogP contribution in [0.1, 0.15) is 0 Å². The minimum atomic E-state index is 0.915. The predicted molar refractivity (Wildman–Crippen MR) is 134 cm³/mol. The van der Waals surface area contributed by atoms with E-state index in [9.17, 15) is 0 Å². The molecule has 0 atom stereocenters. The first-order valence-corrected chi connectivity index (χ1v) is 11.2. The molecule has 2 nitrogen and oxygen atoms in total. The topological polar surface area (TPSA) is 25.2 Å². The van der Waals surface area contributed by atoms with Gasteiger partial charge in [-0.1, -0.05) is 66.7 Å². The molecule has 2 aromatic heterocycles. The first kappa shape index (κ1) is 16.9. The average molecular weight is 416 g/mol. The Bertz CT molecular complexity index is 1770. The third-order valence-corrected chi connectivity index (χ3v) is 7.33. The van der Waals surface area contributed by atoms with Crippen LogP contribution in [0.4, 0.5) is 11.4 Å². The largest absolute Gasteiger partial charge is 0.456 e. The van der Waals surface area contributed by atoms with Gasteiger partial charge in [0.2, 0.25) is 0 Å². The fraction of sp³-hybridized carbons (Fsp3) is 0. The maximum atomic E-state index is 5.98. The summed E-state index contributed by atoms with van der Waals surface area (Å²) in [7, 11) is 0. The highest BCUT2D eigenvalue weighted by atomic mass is 32.1. The molecular weight excluding hydrogens is 398 g/mol. The number of rotatable bonds is 2. The predicted octanol–water partition coefficient (Wildman–Crippen LogP) is 8.85. The number of para-hydroxylation sites is 1. The second-order valence-electron chi connectivity index (χ2n) is 7.88. The Kier molecular flexibility index (Phi) is 3.46. The second kappa shape index (κ2) is 6.34. The van der Waals surface area contributed by atoms with Crippen LogP contribution in [0.2, 0.25) is 0 Å². The standard InChI is InChI=1S/C28H17NOS/c1-2-7-19-17(6-1)12-14-22-21-9-5-10-24(28(21)31-27(19)22)29-18-13-15-26-23(16-18)20-8-3-4-11-25(20)30-26/h1-16,29H. The van der Waals surface area contributed by atoms with Crippen molar-refractivity contribution in [1.29, 1.82) is 0 Å². The SMILES string of the molecule is c1ccc2c(c1)ccc1c3cccc(Nc4ccc5oc6ccccc6c5c4)c3sc21. The number of thiophene rings is 1. The molecule has 0 unspecified atom stereocenters. The van der Waals surface area contributed by atoms with Gasteiger partial charge >= 0.3 is 0 Å². The molecule has 0 fully saturated rings. The van der Waals surface area contributed by atoms with E-state index in [4.69, 9.17) is 4.42 Å². The van der Waals surface area contributed by atoms with Gasteiger partial charge in [-0.2, -0.15) is 0 Å². The Balaban J connectivity index is 1.41. The minimum absolute atomic E-state index is 0.915. The lowest BCUT2D eigenvalue weighted by atomic mass is 10.1. The van der Waals surface area contributed by atoms with Crippen LogP contribution in [-0.4, -0.2) is 0 Å². The van der Waals surface area contributed by atoms with Crippen molar-refractivity contribution < 1.29 is 4.42 Å². The highest BCUT2D eigenvalue weighted by Crippen LogP contribution is 2.42. The van der Waals surface area contributed by atoms with Crippen molar-refractivity contribution in [2.45, 2.75) is 0 Å². The lowest BCUT2D eigenvalue weighted by molar-refractivity contribution is 0.669. The monoisotopic (exact) mass is 415 g/mol. The fourth-order valence-electron chi connectivity index (χ4n) is 4.58. The first-order valence-electron chi connectivity index (χ1n) is 10.4. The van der Waals surface area contributed by atoms with Crippen molar-refractivity contribution in [3.8, 4) is 0 Å². The molecule has 0 bridgehead atoms. The first-order chi connectivity index (χ1) is 15.3. The maximum absolute atomic E-state index is 5.98. The summed E-state index contributed by atoms with van der Waals surface area (Å²) in [6, 6.07) is 34.1. The second-order valence-corrected chi connectivity index (χ2v) is 8.90. The van der Waals surface area contributed by atoms with Gasteiger partial charge in [-0.3, -0.25) is 0 Å². The number of anilines is 2. The molecule has 0 spiro atoms. The van der Waals surface area contributed by atoms with Crippen molar-refractivity contribution >= 4 is 75.6 Å². The summed E-state index contributed by atoms with van der Waals surface area (Å²) in [4.78, 5) is 0. The summed E-state index contributed by atoms with van der Waals surface area (Å²) in [5.41, 5.74) is 4.04. The Morgan fingerprint density at radius 1 is 0.548 bits per heavy atom. The van der Waals surface area contributed by atoms with Gasteiger partial charge < -0.3 is 9.73 Å². The van der Waals surface area contributed by atoms with Crippen molar-refractivity contribution in [3.05, 3.63) is 97.1 Å². The molecule has 1 N–H and O–H groups in total. The van der Waals surface area contributed by atoms with Crippen molar-refractivity contribution in [2.75, 3.05) is 5.32 Å². The summed E-state index contributed by atoms with van der Waals surface area (Å²) in [5.74, 6) is 0. The molecule has 3 heteroatoms. The quantitative estimate of drug-likeness (QED) is 0.305. The van der Waals surface area contributed by atoms with Gasteiger partial charge in [0.25, 0.3) is 0 Å². The maximum Gasteiger partial charge on any atom is 0.135 e. The molecule has 31 heavy (non-hydrogen) atoms. The number of furan rings is 1. The molecule has 0 aliphatic rings. The molecule has 146 valence electrons. The number of hydrogen-bond acceptors (Lipinski definition) is 3. The summed E-state index contributed by atoms with van der Waals surface area (Å²) >= 11 is 1.86. The van der Waals surface area contributed by atoms with Gasteiger partial charge in [0.15, 0.2) is 0 Å². The fourth-order valence-corrected chi connectivity index (χ4v) is 5.89. The zero-order chi connectivity index (χ0) is 20.4. The van der Waals surface area contributed by atoms with Crippen molar-refractivity contribution in [3.63, 3.8) is 0 Å². The summed E-state index contributed by atoms with van der Waals surface area (Å²) in [5, 5.41) is 11.2. The van der Waals surface area contributed by atoms with Gasteiger partial charge in [0.05, 0.1) is 10.4 Å². The van der Waals surface area contributed by atoms with E-state index in [1.165, 1.54) is 30.9 Å². The summed E-state index contributed by atoms with van der Waals surface area (Å²) < 4.78 is 8.61. The van der Waals surface area contributed by atoms with Crippen LogP contribution in [0, 0.1) is 0 Å². The lowest BCUT2D eigenvalue weighted by Crippen LogP contribution is -1.89. The van der Waals surface area contributed by atoms with Gasteiger partial charge in [0.1, 0.15) is 11.2 Å². The minimum Gasteiger partial charge on any atom is -0.456 e. The van der Waals surface area contributed by atoms with Gasteiger partial charge in [0, 0.05) is 31.9 Å². The smallest absolute Gasteiger partial charge is 0.135 e. The van der Waals surface area contributed by atoms with Gasteiger partial charge in [-0.15, -0.1) is 11.3 Å². The number of fused-ring (bicyclic) bond motifs is 8. The number of hydrogen-bond donors (Lipinski definition) is 1. The molecule has 7 aromatic rings. The zero-order valence-corrected chi connectivity index (χ0v) is 17.4. The van der Waals surface area contributed by atoms with Crippen LogP contribution in [0.15, 0.2) is 101 Å². The number of nitrogens with one attached hydrogen (secondary N) is 1. The third kappa shape index (κ3) is 2.50. The van der Waals surface area contributed by atoms with Gasteiger partial charge in [-0.25, -0.2) is 0 Å². The summed E-state index contributed by atoms with van der Waals surface area (Å²) in [6.45, 7) is 0. The van der Waals surface area contributed by atoms with Crippen molar-refractivity contribution in [2.24, 2.45) is 0 Å². The van der Waals surface area contributed by atoms with E-state index in [0.717, 1.165) is 33.3 Å². The Morgan fingerprint density at radius 3 is 2.29 bits per heavy atom. The van der Waals surface area contributed by atoms with Crippen LogP contribution in [0.3, 0.4) is 0 Å². The molecule has 0 aliphatic heterocycles. The molecule has 0 aliphatic carbocycles. The van der Waals surface area contributed by atoms with Crippen LogP contribution < -0.4 is 5.32 Å². The highest BCUT2D eigenvalue weighted by Gasteiger charge is 2.12. The molecule has 2 heterocycles. The lowest BCUT2D eigenvalue weighted by Gasteiger charge is -2.08. The molecule has 0 amide bonds. The summed E-state index contributed by atoms with van der Waals surface area (Å²) in [6.07, 6.45) is 0. The molecule has 7 rings (SSSR count). The van der Waals surface area contributed by atoms with Crippen LogP contribution >= 0.6 is 11.3 Å². The Hall–Kier alpha value is -3.82. The number of benzene rings is 5. The molecule has 0 radical (unpaired) electrons.